The number of anilines is 2. The minimum absolute atomic E-state index is 0.164. The maximum Gasteiger partial charge on any atom is 0.263 e. The van der Waals surface area contributed by atoms with Crippen LogP contribution in [0.2, 0.25) is 0 Å². The number of nitrogens with one attached hydrogen (secondary N) is 2. The first-order valence-electron chi connectivity index (χ1n) is 6.90. The summed E-state index contributed by atoms with van der Waals surface area (Å²) < 4.78 is 0. The van der Waals surface area contributed by atoms with Crippen LogP contribution in [0.25, 0.3) is 0 Å². The Morgan fingerprint density at radius 2 is 2.25 bits per heavy atom. The molecule has 0 aromatic carbocycles. The molecule has 0 atom stereocenters. The summed E-state index contributed by atoms with van der Waals surface area (Å²) in [6.45, 7) is 5.06. The molecule has 1 aromatic heterocycles. The van der Waals surface area contributed by atoms with Crippen molar-refractivity contribution in [2.24, 2.45) is 5.92 Å². The van der Waals surface area contributed by atoms with E-state index in [1.807, 2.05) is 0 Å². The summed E-state index contributed by atoms with van der Waals surface area (Å²) in [5.41, 5.74) is 6.61. The molecule has 0 aliphatic heterocycles. The van der Waals surface area contributed by atoms with Crippen LogP contribution >= 0.6 is 11.3 Å². The summed E-state index contributed by atoms with van der Waals surface area (Å²) in [4.78, 5) is 12.5. The van der Waals surface area contributed by atoms with Crippen molar-refractivity contribution in [3.63, 3.8) is 0 Å². The van der Waals surface area contributed by atoms with Crippen molar-refractivity contribution >= 4 is 27.9 Å². The lowest BCUT2D eigenvalue weighted by Crippen LogP contribution is -2.25. The van der Waals surface area contributed by atoms with Crippen LogP contribution in [0.3, 0.4) is 0 Å². The summed E-state index contributed by atoms with van der Waals surface area (Å²) >= 11 is 1.27. The molecule has 0 unspecified atom stereocenters. The summed E-state index contributed by atoms with van der Waals surface area (Å²) in [7, 11) is 0. The van der Waals surface area contributed by atoms with Crippen molar-refractivity contribution in [3.8, 4) is 6.07 Å². The molecular weight excluding hydrogens is 272 g/mol. The lowest BCUT2D eigenvalue weighted by Gasteiger charge is -2.06. The highest BCUT2D eigenvalue weighted by Crippen LogP contribution is 2.35. The maximum atomic E-state index is 12.1. The number of hydrogen-bond donors (Lipinski definition) is 3. The molecule has 1 aromatic rings. The second-order valence-corrected chi connectivity index (χ2v) is 6.54. The number of amides is 1. The summed E-state index contributed by atoms with van der Waals surface area (Å²) in [6, 6.07) is 2.37. The van der Waals surface area contributed by atoms with E-state index in [1.165, 1.54) is 11.3 Å². The fraction of sp³-hybridized carbons (Fsp3) is 0.571. The SMILES string of the molecule is CC(C)CCNc1sc(C(=O)NC2CC2)c(N)c1C#N. The molecule has 1 aliphatic rings. The minimum Gasteiger partial charge on any atom is -0.396 e. The normalized spacial score (nSPS) is 14.1. The number of nitrogens with two attached hydrogens (primary N) is 1. The third kappa shape index (κ3) is 3.42. The van der Waals surface area contributed by atoms with Crippen LogP contribution in [0.4, 0.5) is 10.7 Å². The molecule has 0 saturated heterocycles. The van der Waals surface area contributed by atoms with Gasteiger partial charge in [0, 0.05) is 12.6 Å². The van der Waals surface area contributed by atoms with E-state index in [1.54, 1.807) is 0 Å². The number of carbonyl (C=O) groups is 1. The monoisotopic (exact) mass is 292 g/mol. The number of rotatable bonds is 6. The number of hydrogen-bond acceptors (Lipinski definition) is 5. The van der Waals surface area contributed by atoms with Crippen LogP contribution in [-0.4, -0.2) is 18.5 Å². The van der Waals surface area contributed by atoms with Crippen LogP contribution in [0.1, 0.15) is 48.3 Å². The zero-order chi connectivity index (χ0) is 14.7. The Morgan fingerprint density at radius 3 is 2.80 bits per heavy atom. The first-order valence-corrected chi connectivity index (χ1v) is 7.71. The molecule has 1 fully saturated rings. The molecule has 2 rings (SSSR count). The number of nitrogen functional groups attached to an aromatic ring is 1. The van der Waals surface area contributed by atoms with Gasteiger partial charge in [-0.3, -0.25) is 4.79 Å². The zero-order valence-electron chi connectivity index (χ0n) is 11.8. The number of nitriles is 1. The Bertz CT molecular complexity index is 540. The van der Waals surface area contributed by atoms with Gasteiger partial charge in [0.25, 0.3) is 5.91 Å². The van der Waals surface area contributed by atoms with Gasteiger partial charge in [0.15, 0.2) is 0 Å². The van der Waals surface area contributed by atoms with Gasteiger partial charge in [0.1, 0.15) is 21.5 Å². The fourth-order valence-electron chi connectivity index (χ4n) is 1.80. The van der Waals surface area contributed by atoms with Crippen LogP contribution in [-0.2, 0) is 0 Å². The first kappa shape index (κ1) is 14.7. The first-order chi connectivity index (χ1) is 9.52. The van der Waals surface area contributed by atoms with E-state index in [2.05, 4.69) is 30.6 Å². The quantitative estimate of drug-likeness (QED) is 0.751. The molecule has 1 saturated carbocycles. The predicted molar refractivity (Wildman–Crippen MR) is 81.9 cm³/mol. The number of thiophene rings is 1. The molecule has 1 amide bonds. The summed E-state index contributed by atoms with van der Waals surface area (Å²) in [5, 5.41) is 16.0. The van der Waals surface area contributed by atoms with E-state index >= 15 is 0 Å². The maximum absolute atomic E-state index is 12.1. The van der Waals surface area contributed by atoms with Gasteiger partial charge in [-0.15, -0.1) is 11.3 Å². The van der Waals surface area contributed by atoms with Gasteiger partial charge in [-0.1, -0.05) is 13.8 Å². The van der Waals surface area contributed by atoms with Crippen molar-refractivity contribution in [3.05, 3.63) is 10.4 Å². The Hall–Kier alpha value is -1.74. The summed E-state index contributed by atoms with van der Waals surface area (Å²) in [5.74, 6) is 0.423. The predicted octanol–water partition coefficient (Wildman–Crippen LogP) is 2.55. The van der Waals surface area contributed by atoms with E-state index < -0.39 is 0 Å². The molecule has 0 bridgehead atoms. The van der Waals surface area contributed by atoms with E-state index in [4.69, 9.17) is 5.73 Å². The third-order valence-corrected chi connectivity index (χ3v) is 4.35. The molecule has 1 aliphatic carbocycles. The van der Waals surface area contributed by atoms with Gasteiger partial charge in [-0.05, 0) is 25.2 Å². The van der Waals surface area contributed by atoms with Crippen molar-refractivity contribution < 1.29 is 4.79 Å². The lowest BCUT2D eigenvalue weighted by molar-refractivity contribution is 0.0956. The molecule has 108 valence electrons. The van der Waals surface area contributed by atoms with Crippen molar-refractivity contribution in [2.45, 2.75) is 39.2 Å². The third-order valence-electron chi connectivity index (χ3n) is 3.18. The van der Waals surface area contributed by atoms with Crippen molar-refractivity contribution in [2.75, 3.05) is 17.6 Å². The molecule has 1 heterocycles. The fourth-order valence-corrected chi connectivity index (χ4v) is 2.80. The van der Waals surface area contributed by atoms with Gasteiger partial charge in [0.2, 0.25) is 0 Å². The van der Waals surface area contributed by atoms with Gasteiger partial charge < -0.3 is 16.4 Å². The molecule has 0 radical (unpaired) electrons. The van der Waals surface area contributed by atoms with E-state index in [0.717, 1.165) is 25.8 Å². The molecule has 20 heavy (non-hydrogen) atoms. The zero-order valence-corrected chi connectivity index (χ0v) is 12.6. The molecule has 4 N–H and O–H groups in total. The largest absolute Gasteiger partial charge is 0.396 e. The van der Waals surface area contributed by atoms with Gasteiger partial charge in [-0.25, -0.2) is 0 Å². The van der Waals surface area contributed by atoms with Gasteiger partial charge >= 0.3 is 0 Å². The summed E-state index contributed by atoms with van der Waals surface area (Å²) in [6.07, 6.45) is 3.07. The van der Waals surface area contributed by atoms with Crippen molar-refractivity contribution in [1.82, 2.24) is 5.32 Å². The highest BCUT2D eigenvalue weighted by atomic mass is 32.1. The Labute approximate surface area is 123 Å². The topological polar surface area (TPSA) is 90.9 Å². The Kier molecular flexibility index (Phi) is 4.50. The second-order valence-electron chi connectivity index (χ2n) is 5.52. The second kappa shape index (κ2) is 6.14. The van der Waals surface area contributed by atoms with Crippen LogP contribution in [0, 0.1) is 17.2 Å². The average molecular weight is 292 g/mol. The smallest absolute Gasteiger partial charge is 0.263 e. The Morgan fingerprint density at radius 1 is 1.55 bits per heavy atom. The molecule has 5 nitrogen and oxygen atoms in total. The van der Waals surface area contributed by atoms with E-state index in [0.29, 0.717) is 27.0 Å². The standard InChI is InChI=1S/C14H20N4OS/c1-8(2)5-6-17-14-10(7-15)11(16)12(20-14)13(19)18-9-3-4-9/h8-9,17H,3-6,16H2,1-2H3,(H,18,19). The highest BCUT2D eigenvalue weighted by Gasteiger charge is 2.27. The lowest BCUT2D eigenvalue weighted by atomic mass is 10.1. The van der Waals surface area contributed by atoms with E-state index in [-0.39, 0.29) is 11.9 Å². The van der Waals surface area contributed by atoms with E-state index in [9.17, 15) is 10.1 Å². The number of nitrogens with zero attached hydrogens (tertiary/aromatic N) is 1. The average Bonchev–Trinajstić information content (AvgIpc) is 3.13. The van der Waals surface area contributed by atoms with Gasteiger partial charge in [0.05, 0.1) is 5.69 Å². The molecule has 0 spiro atoms. The van der Waals surface area contributed by atoms with Crippen LogP contribution in [0.5, 0.6) is 0 Å². The number of carbonyl (C=O) groups excluding carboxylic acids is 1. The van der Waals surface area contributed by atoms with Crippen LogP contribution < -0.4 is 16.4 Å². The Balaban J connectivity index is 2.11. The molecular formula is C14H20N4OS. The van der Waals surface area contributed by atoms with Crippen LogP contribution in [0.15, 0.2) is 0 Å². The van der Waals surface area contributed by atoms with Gasteiger partial charge in [-0.2, -0.15) is 5.26 Å². The highest BCUT2D eigenvalue weighted by molar-refractivity contribution is 7.18. The molecule has 6 heteroatoms. The minimum atomic E-state index is -0.164. The van der Waals surface area contributed by atoms with Crippen molar-refractivity contribution in [1.29, 1.82) is 5.26 Å².